The number of rotatable bonds is 6. The summed E-state index contributed by atoms with van der Waals surface area (Å²) in [6, 6.07) is 10.4. The van der Waals surface area contributed by atoms with Gasteiger partial charge in [0.2, 0.25) is 0 Å². The fourth-order valence-corrected chi connectivity index (χ4v) is 2.95. The largest absolute Gasteiger partial charge is 0.491 e. The summed E-state index contributed by atoms with van der Waals surface area (Å²) in [7, 11) is 0. The van der Waals surface area contributed by atoms with Crippen LogP contribution in [0.15, 0.2) is 35.7 Å². The van der Waals surface area contributed by atoms with E-state index in [0.29, 0.717) is 11.7 Å². The number of hydrogen-bond acceptors (Lipinski definition) is 4. The van der Waals surface area contributed by atoms with E-state index in [4.69, 9.17) is 10.5 Å². The number of benzene rings is 1. The lowest BCUT2D eigenvalue weighted by Gasteiger charge is -2.17. The summed E-state index contributed by atoms with van der Waals surface area (Å²) in [6.45, 7) is 6.19. The molecule has 3 N–H and O–H groups in total. The molecule has 1 aromatic carbocycles. The molecule has 0 bridgehead atoms. The Morgan fingerprint density at radius 2 is 2.05 bits per heavy atom. The molecule has 4 heteroatoms. The maximum absolute atomic E-state index is 5.93. The van der Waals surface area contributed by atoms with Crippen molar-refractivity contribution in [2.24, 2.45) is 0 Å². The number of anilines is 2. The molecule has 1 heterocycles. The van der Waals surface area contributed by atoms with Crippen LogP contribution in [0.25, 0.3) is 0 Å². The summed E-state index contributed by atoms with van der Waals surface area (Å²) in [6.07, 6.45) is 1.15. The molecule has 0 aliphatic carbocycles. The Bertz CT molecular complexity index is 537. The van der Waals surface area contributed by atoms with Crippen LogP contribution in [-0.4, -0.2) is 12.1 Å². The lowest BCUT2D eigenvalue weighted by Crippen LogP contribution is -2.17. The van der Waals surface area contributed by atoms with Crippen molar-refractivity contribution in [2.75, 3.05) is 11.1 Å². The highest BCUT2D eigenvalue weighted by atomic mass is 32.1. The van der Waals surface area contributed by atoms with E-state index in [1.54, 1.807) is 11.3 Å². The van der Waals surface area contributed by atoms with Gasteiger partial charge in [0.15, 0.2) is 0 Å². The first-order valence-electron chi connectivity index (χ1n) is 6.89. The molecule has 0 fully saturated rings. The minimum Gasteiger partial charge on any atom is -0.491 e. The SMILES string of the molecule is CC(Cc1cccs1)Nc1cc(N)cc(OC(C)C)c1. The number of nitrogens with two attached hydrogens (primary N) is 1. The van der Waals surface area contributed by atoms with E-state index < -0.39 is 0 Å². The standard InChI is InChI=1S/C16H22N2OS/c1-11(2)19-15-9-13(17)8-14(10-15)18-12(3)7-16-5-4-6-20-16/h4-6,8-12,18H,7,17H2,1-3H3. The Morgan fingerprint density at radius 3 is 2.70 bits per heavy atom. The van der Waals surface area contributed by atoms with Crippen LogP contribution < -0.4 is 15.8 Å². The van der Waals surface area contributed by atoms with E-state index in [1.165, 1.54) is 4.88 Å². The minimum atomic E-state index is 0.146. The highest BCUT2D eigenvalue weighted by Crippen LogP contribution is 2.24. The fraction of sp³-hybridized carbons (Fsp3) is 0.375. The average molecular weight is 290 g/mol. The third kappa shape index (κ3) is 4.46. The Morgan fingerprint density at radius 1 is 1.25 bits per heavy atom. The summed E-state index contributed by atoms with van der Waals surface area (Å²) in [5.74, 6) is 0.811. The van der Waals surface area contributed by atoms with Crippen molar-refractivity contribution >= 4 is 22.7 Å². The van der Waals surface area contributed by atoms with Crippen molar-refractivity contribution in [3.63, 3.8) is 0 Å². The molecule has 0 saturated carbocycles. The Labute approximate surface area is 124 Å². The Balaban J connectivity index is 2.02. The van der Waals surface area contributed by atoms with Gasteiger partial charge in [-0.05, 0) is 38.3 Å². The molecule has 0 spiro atoms. The van der Waals surface area contributed by atoms with Crippen molar-refractivity contribution < 1.29 is 4.74 Å². The second-order valence-corrected chi connectivity index (χ2v) is 6.32. The van der Waals surface area contributed by atoms with Gasteiger partial charge in [-0.15, -0.1) is 11.3 Å². The molecule has 1 aromatic heterocycles. The van der Waals surface area contributed by atoms with Gasteiger partial charge in [0.05, 0.1) is 6.10 Å². The van der Waals surface area contributed by atoms with Crippen LogP contribution >= 0.6 is 11.3 Å². The topological polar surface area (TPSA) is 47.3 Å². The molecule has 2 rings (SSSR count). The van der Waals surface area contributed by atoms with Crippen LogP contribution in [0.5, 0.6) is 5.75 Å². The van der Waals surface area contributed by atoms with E-state index in [1.807, 2.05) is 32.0 Å². The maximum Gasteiger partial charge on any atom is 0.123 e. The Hall–Kier alpha value is -1.68. The van der Waals surface area contributed by atoms with Gasteiger partial charge in [-0.3, -0.25) is 0 Å². The van der Waals surface area contributed by atoms with Crippen molar-refractivity contribution in [3.8, 4) is 5.75 Å². The molecule has 1 atom stereocenters. The Kier molecular flexibility index (Phi) is 4.90. The summed E-state index contributed by atoms with van der Waals surface area (Å²) < 4.78 is 5.71. The van der Waals surface area contributed by atoms with Gasteiger partial charge in [-0.1, -0.05) is 6.07 Å². The van der Waals surface area contributed by atoms with E-state index in [-0.39, 0.29) is 6.10 Å². The number of hydrogen-bond donors (Lipinski definition) is 2. The number of ether oxygens (including phenoxy) is 1. The first-order chi connectivity index (χ1) is 9.52. The third-order valence-corrected chi connectivity index (χ3v) is 3.70. The molecule has 2 aromatic rings. The lowest BCUT2D eigenvalue weighted by atomic mass is 10.2. The van der Waals surface area contributed by atoms with Gasteiger partial charge < -0.3 is 15.8 Å². The van der Waals surface area contributed by atoms with Gasteiger partial charge in [0, 0.05) is 40.8 Å². The molecule has 3 nitrogen and oxygen atoms in total. The monoisotopic (exact) mass is 290 g/mol. The van der Waals surface area contributed by atoms with Crippen LogP contribution in [-0.2, 0) is 6.42 Å². The first-order valence-corrected chi connectivity index (χ1v) is 7.77. The van der Waals surface area contributed by atoms with Crippen LogP contribution in [0.4, 0.5) is 11.4 Å². The lowest BCUT2D eigenvalue weighted by molar-refractivity contribution is 0.242. The number of nitrogens with one attached hydrogen (secondary N) is 1. The van der Waals surface area contributed by atoms with Crippen molar-refractivity contribution in [1.82, 2.24) is 0 Å². The van der Waals surface area contributed by atoms with E-state index in [9.17, 15) is 0 Å². The smallest absolute Gasteiger partial charge is 0.123 e. The summed E-state index contributed by atoms with van der Waals surface area (Å²) in [5, 5.41) is 5.59. The normalized spacial score (nSPS) is 12.4. The van der Waals surface area contributed by atoms with Crippen molar-refractivity contribution in [3.05, 3.63) is 40.6 Å². The second kappa shape index (κ2) is 6.66. The zero-order chi connectivity index (χ0) is 14.5. The average Bonchev–Trinajstić information content (AvgIpc) is 2.79. The van der Waals surface area contributed by atoms with Gasteiger partial charge in [-0.25, -0.2) is 0 Å². The van der Waals surface area contributed by atoms with E-state index in [2.05, 4.69) is 29.8 Å². The van der Waals surface area contributed by atoms with Crippen LogP contribution in [0, 0.1) is 0 Å². The van der Waals surface area contributed by atoms with Gasteiger partial charge in [0.1, 0.15) is 5.75 Å². The van der Waals surface area contributed by atoms with Crippen molar-refractivity contribution in [1.29, 1.82) is 0 Å². The quantitative estimate of drug-likeness (QED) is 0.785. The molecule has 0 aliphatic heterocycles. The molecular formula is C16H22N2OS. The maximum atomic E-state index is 5.93. The second-order valence-electron chi connectivity index (χ2n) is 5.29. The highest BCUT2D eigenvalue weighted by Gasteiger charge is 2.07. The van der Waals surface area contributed by atoms with Crippen LogP contribution in [0.1, 0.15) is 25.6 Å². The summed E-state index contributed by atoms with van der Waals surface area (Å²) in [5.41, 5.74) is 7.65. The number of nitrogen functional groups attached to an aromatic ring is 1. The molecule has 0 radical (unpaired) electrons. The van der Waals surface area contributed by atoms with Gasteiger partial charge >= 0.3 is 0 Å². The zero-order valence-corrected chi connectivity index (χ0v) is 13.0. The molecule has 0 amide bonds. The minimum absolute atomic E-state index is 0.146. The van der Waals surface area contributed by atoms with Crippen LogP contribution in [0.2, 0.25) is 0 Å². The summed E-state index contributed by atoms with van der Waals surface area (Å²) in [4.78, 5) is 1.38. The highest BCUT2D eigenvalue weighted by molar-refractivity contribution is 7.09. The van der Waals surface area contributed by atoms with Crippen molar-refractivity contribution in [2.45, 2.75) is 39.3 Å². The molecule has 0 aliphatic rings. The predicted octanol–water partition coefficient (Wildman–Crippen LogP) is 4.16. The molecular weight excluding hydrogens is 268 g/mol. The molecule has 20 heavy (non-hydrogen) atoms. The zero-order valence-electron chi connectivity index (χ0n) is 12.2. The molecule has 0 saturated heterocycles. The molecule has 1 unspecified atom stereocenters. The van der Waals surface area contributed by atoms with Crippen LogP contribution in [0.3, 0.4) is 0 Å². The third-order valence-electron chi connectivity index (χ3n) is 2.80. The van der Waals surface area contributed by atoms with Gasteiger partial charge in [-0.2, -0.15) is 0 Å². The van der Waals surface area contributed by atoms with E-state index in [0.717, 1.165) is 17.9 Å². The predicted molar refractivity (Wildman–Crippen MR) is 87.7 cm³/mol. The summed E-state index contributed by atoms with van der Waals surface area (Å²) >= 11 is 1.79. The van der Waals surface area contributed by atoms with Gasteiger partial charge in [0.25, 0.3) is 0 Å². The fourth-order valence-electron chi connectivity index (χ4n) is 2.11. The van der Waals surface area contributed by atoms with E-state index >= 15 is 0 Å². The number of thiophene rings is 1. The first kappa shape index (κ1) is 14.7. The molecule has 108 valence electrons.